The van der Waals surface area contributed by atoms with Gasteiger partial charge in [0.1, 0.15) is 0 Å². The van der Waals surface area contributed by atoms with E-state index in [1.54, 1.807) is 0 Å². The standard InChI is InChI=1S/C16H32N4O/c1-18(2)12-13-20(14-7-10-19(3)11-8-14)16(21)15-6-4-5-9-17-15/h14-15,17H,4-13H2,1-3H3. The number of nitrogens with one attached hydrogen (secondary N) is 1. The highest BCUT2D eigenvalue weighted by molar-refractivity contribution is 5.82. The van der Waals surface area contributed by atoms with Crippen LogP contribution in [0.5, 0.6) is 0 Å². The van der Waals surface area contributed by atoms with Crippen molar-refractivity contribution in [2.45, 2.75) is 44.2 Å². The number of nitrogens with zero attached hydrogens (tertiary/aromatic N) is 3. The SMILES string of the molecule is CN(C)CCN(C(=O)C1CCCCN1)C1CCN(C)CC1. The molecule has 1 N–H and O–H groups in total. The van der Waals surface area contributed by atoms with Gasteiger partial charge in [-0.25, -0.2) is 0 Å². The van der Waals surface area contributed by atoms with Crippen LogP contribution in [0.2, 0.25) is 0 Å². The van der Waals surface area contributed by atoms with Crippen LogP contribution in [0.15, 0.2) is 0 Å². The Labute approximate surface area is 129 Å². The average molecular weight is 296 g/mol. The molecule has 0 aliphatic carbocycles. The minimum atomic E-state index is 0.0561. The van der Waals surface area contributed by atoms with Crippen LogP contribution in [0.25, 0.3) is 0 Å². The average Bonchev–Trinajstić information content (AvgIpc) is 2.49. The van der Waals surface area contributed by atoms with Crippen LogP contribution >= 0.6 is 0 Å². The van der Waals surface area contributed by atoms with Crippen LogP contribution in [0.3, 0.4) is 0 Å². The molecular formula is C16H32N4O. The van der Waals surface area contributed by atoms with Crippen molar-refractivity contribution in [1.29, 1.82) is 0 Å². The van der Waals surface area contributed by atoms with E-state index in [0.717, 1.165) is 52.0 Å². The zero-order valence-electron chi connectivity index (χ0n) is 14.0. The Hall–Kier alpha value is -0.650. The Morgan fingerprint density at radius 2 is 1.86 bits per heavy atom. The molecule has 1 amide bonds. The van der Waals surface area contributed by atoms with Crippen molar-refractivity contribution < 1.29 is 4.79 Å². The number of amides is 1. The summed E-state index contributed by atoms with van der Waals surface area (Å²) < 4.78 is 0. The van der Waals surface area contributed by atoms with Crippen molar-refractivity contribution in [3.05, 3.63) is 0 Å². The molecule has 5 nitrogen and oxygen atoms in total. The number of piperidine rings is 2. The van der Waals surface area contributed by atoms with E-state index >= 15 is 0 Å². The number of carbonyl (C=O) groups is 1. The molecule has 2 fully saturated rings. The van der Waals surface area contributed by atoms with Crippen molar-refractivity contribution in [1.82, 2.24) is 20.0 Å². The third-order valence-electron chi connectivity index (χ3n) is 4.81. The number of carbonyl (C=O) groups excluding carboxylic acids is 1. The molecule has 0 spiro atoms. The molecule has 2 rings (SSSR count). The van der Waals surface area contributed by atoms with Crippen LogP contribution in [-0.2, 0) is 4.79 Å². The molecule has 122 valence electrons. The molecule has 0 radical (unpaired) electrons. The van der Waals surface area contributed by atoms with Gasteiger partial charge in [0.25, 0.3) is 0 Å². The van der Waals surface area contributed by atoms with Gasteiger partial charge in [-0.15, -0.1) is 0 Å². The van der Waals surface area contributed by atoms with Gasteiger partial charge in [0.2, 0.25) is 5.91 Å². The molecule has 0 aromatic heterocycles. The fraction of sp³-hybridized carbons (Fsp3) is 0.938. The van der Waals surface area contributed by atoms with Crippen molar-refractivity contribution in [3.63, 3.8) is 0 Å². The molecule has 21 heavy (non-hydrogen) atoms. The molecule has 0 saturated carbocycles. The summed E-state index contributed by atoms with van der Waals surface area (Å²) >= 11 is 0. The Balaban J connectivity index is 1.98. The normalized spacial score (nSPS) is 25.2. The minimum absolute atomic E-state index is 0.0561. The molecule has 0 aromatic rings. The molecular weight excluding hydrogens is 264 g/mol. The monoisotopic (exact) mass is 296 g/mol. The molecule has 2 aliphatic heterocycles. The van der Waals surface area contributed by atoms with Gasteiger partial charge in [-0.2, -0.15) is 0 Å². The summed E-state index contributed by atoms with van der Waals surface area (Å²) in [6, 6.07) is 0.484. The van der Waals surface area contributed by atoms with E-state index in [1.807, 2.05) is 0 Å². The molecule has 5 heteroatoms. The first-order valence-corrected chi connectivity index (χ1v) is 8.45. The van der Waals surface area contributed by atoms with Gasteiger partial charge in [-0.3, -0.25) is 4.79 Å². The molecule has 2 saturated heterocycles. The van der Waals surface area contributed by atoms with E-state index in [4.69, 9.17) is 0 Å². The summed E-state index contributed by atoms with van der Waals surface area (Å²) in [7, 11) is 6.33. The van der Waals surface area contributed by atoms with E-state index < -0.39 is 0 Å². The maximum atomic E-state index is 12.9. The summed E-state index contributed by atoms with van der Waals surface area (Å²) in [6.07, 6.45) is 5.61. The van der Waals surface area contributed by atoms with Crippen LogP contribution in [-0.4, -0.2) is 86.6 Å². The first-order chi connectivity index (χ1) is 10.1. The highest BCUT2D eigenvalue weighted by atomic mass is 16.2. The topological polar surface area (TPSA) is 38.8 Å². The fourth-order valence-corrected chi connectivity index (χ4v) is 3.35. The van der Waals surface area contributed by atoms with Gasteiger partial charge in [0.05, 0.1) is 6.04 Å². The highest BCUT2D eigenvalue weighted by Crippen LogP contribution is 2.19. The largest absolute Gasteiger partial charge is 0.337 e. The smallest absolute Gasteiger partial charge is 0.239 e. The van der Waals surface area contributed by atoms with Crippen LogP contribution in [0.4, 0.5) is 0 Å². The predicted molar refractivity (Wildman–Crippen MR) is 86.4 cm³/mol. The Morgan fingerprint density at radius 1 is 1.14 bits per heavy atom. The molecule has 0 bridgehead atoms. The zero-order valence-corrected chi connectivity index (χ0v) is 14.0. The molecule has 2 heterocycles. The van der Waals surface area contributed by atoms with E-state index in [0.29, 0.717) is 11.9 Å². The fourth-order valence-electron chi connectivity index (χ4n) is 3.35. The maximum absolute atomic E-state index is 12.9. The second-order valence-corrected chi connectivity index (χ2v) is 6.87. The third-order valence-corrected chi connectivity index (χ3v) is 4.81. The van der Waals surface area contributed by atoms with Crippen molar-refractivity contribution >= 4 is 5.91 Å². The summed E-state index contributed by atoms with van der Waals surface area (Å²) in [5, 5.41) is 3.42. The van der Waals surface area contributed by atoms with E-state index in [2.05, 4.69) is 41.2 Å². The first kappa shape index (κ1) is 16.7. The number of hydrogen-bond donors (Lipinski definition) is 1. The number of likely N-dealkylation sites (tertiary alicyclic amines) is 1. The van der Waals surface area contributed by atoms with Gasteiger partial charge >= 0.3 is 0 Å². The maximum Gasteiger partial charge on any atom is 0.239 e. The van der Waals surface area contributed by atoms with Gasteiger partial charge < -0.3 is 20.0 Å². The van der Waals surface area contributed by atoms with Crippen molar-refractivity contribution in [3.8, 4) is 0 Å². The van der Waals surface area contributed by atoms with Gasteiger partial charge in [0, 0.05) is 19.1 Å². The summed E-state index contributed by atoms with van der Waals surface area (Å²) in [5.41, 5.74) is 0. The Bertz CT molecular complexity index is 320. The zero-order chi connectivity index (χ0) is 15.2. The molecule has 1 atom stereocenters. The lowest BCUT2D eigenvalue weighted by Crippen LogP contribution is -2.55. The van der Waals surface area contributed by atoms with Crippen molar-refractivity contribution in [2.24, 2.45) is 0 Å². The molecule has 1 unspecified atom stereocenters. The Kier molecular flexibility index (Phi) is 6.45. The Morgan fingerprint density at radius 3 is 2.43 bits per heavy atom. The van der Waals surface area contributed by atoms with E-state index in [1.165, 1.54) is 12.8 Å². The van der Waals surface area contributed by atoms with Crippen molar-refractivity contribution in [2.75, 3.05) is 53.9 Å². The minimum Gasteiger partial charge on any atom is -0.337 e. The lowest BCUT2D eigenvalue weighted by molar-refractivity contribution is -0.137. The van der Waals surface area contributed by atoms with Gasteiger partial charge in [0.15, 0.2) is 0 Å². The number of hydrogen-bond acceptors (Lipinski definition) is 4. The van der Waals surface area contributed by atoms with Crippen LogP contribution in [0.1, 0.15) is 32.1 Å². The highest BCUT2D eigenvalue weighted by Gasteiger charge is 2.31. The second-order valence-electron chi connectivity index (χ2n) is 6.87. The number of rotatable bonds is 5. The van der Waals surface area contributed by atoms with E-state index in [-0.39, 0.29) is 6.04 Å². The van der Waals surface area contributed by atoms with Crippen LogP contribution < -0.4 is 5.32 Å². The molecule has 2 aliphatic rings. The number of likely N-dealkylation sites (N-methyl/N-ethyl adjacent to an activating group) is 1. The van der Waals surface area contributed by atoms with E-state index in [9.17, 15) is 4.79 Å². The quantitative estimate of drug-likeness (QED) is 0.807. The lowest BCUT2D eigenvalue weighted by Gasteiger charge is -2.40. The van der Waals surface area contributed by atoms with Gasteiger partial charge in [-0.05, 0) is 66.5 Å². The second kappa shape index (κ2) is 8.11. The summed E-state index contributed by atoms with van der Waals surface area (Å²) in [6.45, 7) is 5.01. The molecule has 0 aromatic carbocycles. The predicted octanol–water partition coefficient (Wildman–Crippen LogP) is 0.613. The summed E-state index contributed by atoms with van der Waals surface area (Å²) in [4.78, 5) is 19.6. The lowest BCUT2D eigenvalue weighted by atomic mass is 9.99. The van der Waals surface area contributed by atoms with Gasteiger partial charge in [-0.1, -0.05) is 6.42 Å². The van der Waals surface area contributed by atoms with Crippen LogP contribution in [0, 0.1) is 0 Å². The summed E-state index contributed by atoms with van der Waals surface area (Å²) in [5.74, 6) is 0.339. The third kappa shape index (κ3) is 4.94. The first-order valence-electron chi connectivity index (χ1n) is 8.45.